The van der Waals surface area contributed by atoms with E-state index in [0.717, 1.165) is 18.9 Å². The van der Waals surface area contributed by atoms with E-state index in [1.807, 2.05) is 0 Å². The molecule has 2 rings (SSSR count). The van der Waals surface area contributed by atoms with Crippen LogP contribution < -0.4 is 11.1 Å². The second-order valence-electron chi connectivity index (χ2n) is 5.95. The number of carbonyl (C=O) groups excluding carboxylic acids is 1. The topological polar surface area (TPSA) is 58.4 Å². The molecule has 0 aromatic heterocycles. The van der Waals surface area contributed by atoms with Gasteiger partial charge in [-0.15, -0.1) is 0 Å². The summed E-state index contributed by atoms with van der Waals surface area (Å²) in [6.07, 6.45) is 3.79. The summed E-state index contributed by atoms with van der Waals surface area (Å²) >= 11 is 0. The van der Waals surface area contributed by atoms with E-state index in [1.54, 1.807) is 0 Å². The fraction of sp³-hybridized carbons (Fsp3) is 0.562. The minimum absolute atomic E-state index is 0.153. The number of nitrogens with zero attached hydrogens (tertiary/aromatic N) is 1. The molecule has 0 saturated heterocycles. The highest BCUT2D eigenvalue weighted by atomic mass is 19.1. The van der Waals surface area contributed by atoms with E-state index in [0.29, 0.717) is 18.2 Å². The summed E-state index contributed by atoms with van der Waals surface area (Å²) in [6, 6.07) is 4.75. The molecule has 1 saturated carbocycles. The van der Waals surface area contributed by atoms with Gasteiger partial charge in [0.1, 0.15) is 5.82 Å². The van der Waals surface area contributed by atoms with Crippen LogP contribution in [0.25, 0.3) is 0 Å². The maximum absolute atomic E-state index is 13.5. The van der Waals surface area contributed by atoms with E-state index in [9.17, 15) is 9.18 Å². The summed E-state index contributed by atoms with van der Waals surface area (Å²) in [5, 5.41) is 2.58. The van der Waals surface area contributed by atoms with Crippen molar-refractivity contribution in [2.45, 2.75) is 38.6 Å². The Labute approximate surface area is 125 Å². The smallest absolute Gasteiger partial charge is 0.224 e. The maximum atomic E-state index is 13.5. The highest BCUT2D eigenvalue weighted by Crippen LogP contribution is 2.34. The van der Waals surface area contributed by atoms with E-state index in [1.165, 1.54) is 31.0 Å². The number of benzene rings is 1. The minimum Gasteiger partial charge on any atom is -0.399 e. The normalized spacial score (nSPS) is 16.0. The Hall–Kier alpha value is -1.62. The van der Waals surface area contributed by atoms with Gasteiger partial charge in [-0.05, 0) is 63.9 Å². The third kappa shape index (κ3) is 4.70. The molecule has 0 bridgehead atoms. The molecule has 0 heterocycles. The number of halogens is 1. The summed E-state index contributed by atoms with van der Waals surface area (Å²) < 4.78 is 13.5. The van der Waals surface area contributed by atoms with Gasteiger partial charge in [-0.3, -0.25) is 4.79 Å². The average Bonchev–Trinajstić information content (AvgIpc) is 3.26. The maximum Gasteiger partial charge on any atom is 0.224 e. The van der Waals surface area contributed by atoms with Gasteiger partial charge in [0.2, 0.25) is 5.91 Å². The molecule has 4 nitrogen and oxygen atoms in total. The van der Waals surface area contributed by atoms with Crippen molar-refractivity contribution >= 4 is 17.3 Å². The van der Waals surface area contributed by atoms with Crippen molar-refractivity contribution in [1.29, 1.82) is 0 Å². The van der Waals surface area contributed by atoms with Gasteiger partial charge in [0.05, 0.1) is 5.69 Å². The summed E-state index contributed by atoms with van der Waals surface area (Å²) in [6.45, 7) is 3.12. The van der Waals surface area contributed by atoms with Crippen LogP contribution in [0.15, 0.2) is 18.2 Å². The number of hydrogen-bond donors (Lipinski definition) is 2. The number of nitrogens with one attached hydrogen (secondary N) is 1. The van der Waals surface area contributed by atoms with Gasteiger partial charge in [0.15, 0.2) is 0 Å². The lowest BCUT2D eigenvalue weighted by atomic mass is 10.1. The van der Waals surface area contributed by atoms with Crippen molar-refractivity contribution in [3.63, 3.8) is 0 Å². The molecule has 1 atom stereocenters. The molecule has 1 unspecified atom stereocenters. The lowest BCUT2D eigenvalue weighted by Crippen LogP contribution is -2.32. The molecule has 21 heavy (non-hydrogen) atoms. The van der Waals surface area contributed by atoms with Crippen molar-refractivity contribution in [2.75, 3.05) is 24.6 Å². The highest BCUT2D eigenvalue weighted by Gasteiger charge is 2.30. The first-order valence-electron chi connectivity index (χ1n) is 7.52. The SMILES string of the molecule is CC(C1CC1)N(C)CCCC(=O)Nc1cc(N)ccc1F. The predicted octanol–water partition coefficient (Wildman–Crippen LogP) is 2.86. The van der Waals surface area contributed by atoms with Gasteiger partial charge in [-0.1, -0.05) is 0 Å². The fourth-order valence-corrected chi connectivity index (χ4v) is 2.48. The first-order chi connectivity index (χ1) is 9.97. The standard InChI is InChI=1S/C16H24FN3O/c1-11(12-5-6-12)20(2)9-3-4-16(21)19-15-10-13(18)7-8-14(15)17/h7-8,10-12H,3-6,9,18H2,1-2H3,(H,19,21). The Morgan fingerprint density at radius 2 is 2.24 bits per heavy atom. The van der Waals surface area contributed by atoms with Crippen LogP contribution in [0.1, 0.15) is 32.6 Å². The number of anilines is 2. The van der Waals surface area contributed by atoms with E-state index < -0.39 is 5.82 Å². The Balaban J connectivity index is 1.73. The number of nitrogens with two attached hydrogens (primary N) is 1. The number of hydrogen-bond acceptors (Lipinski definition) is 3. The molecule has 1 aliphatic carbocycles. The molecule has 1 amide bonds. The zero-order chi connectivity index (χ0) is 15.4. The molecule has 1 aromatic carbocycles. The third-order valence-corrected chi connectivity index (χ3v) is 4.18. The molecule has 1 fully saturated rings. The first-order valence-corrected chi connectivity index (χ1v) is 7.52. The molecule has 1 aromatic rings. The van der Waals surface area contributed by atoms with E-state index in [4.69, 9.17) is 5.73 Å². The van der Waals surface area contributed by atoms with Crippen LogP contribution in [0.2, 0.25) is 0 Å². The summed E-state index contributed by atoms with van der Waals surface area (Å²) in [5.74, 6) is 0.189. The number of carbonyl (C=O) groups is 1. The molecular formula is C16H24FN3O. The molecule has 116 valence electrons. The number of nitrogen functional groups attached to an aromatic ring is 1. The van der Waals surface area contributed by atoms with Gasteiger partial charge in [0.25, 0.3) is 0 Å². The van der Waals surface area contributed by atoms with Crippen molar-refractivity contribution in [3.8, 4) is 0 Å². The van der Waals surface area contributed by atoms with Crippen molar-refractivity contribution in [2.24, 2.45) is 5.92 Å². The second kappa shape index (κ2) is 6.89. The molecule has 5 heteroatoms. The van der Waals surface area contributed by atoms with Crippen LogP contribution in [0, 0.1) is 11.7 Å². The van der Waals surface area contributed by atoms with E-state index >= 15 is 0 Å². The zero-order valence-electron chi connectivity index (χ0n) is 12.7. The van der Waals surface area contributed by atoms with Gasteiger partial charge >= 0.3 is 0 Å². The second-order valence-corrected chi connectivity index (χ2v) is 5.95. The third-order valence-electron chi connectivity index (χ3n) is 4.18. The summed E-state index contributed by atoms with van der Waals surface area (Å²) in [5.41, 5.74) is 6.17. The van der Waals surface area contributed by atoms with Crippen molar-refractivity contribution in [3.05, 3.63) is 24.0 Å². The molecule has 0 spiro atoms. The predicted molar refractivity (Wildman–Crippen MR) is 83.5 cm³/mol. The molecular weight excluding hydrogens is 269 g/mol. The van der Waals surface area contributed by atoms with Gasteiger partial charge in [0, 0.05) is 18.2 Å². The average molecular weight is 293 g/mol. The quantitative estimate of drug-likeness (QED) is 0.760. The van der Waals surface area contributed by atoms with Crippen LogP contribution >= 0.6 is 0 Å². The Morgan fingerprint density at radius 1 is 1.52 bits per heavy atom. The van der Waals surface area contributed by atoms with E-state index in [-0.39, 0.29) is 11.6 Å². The number of amides is 1. The van der Waals surface area contributed by atoms with Gasteiger partial charge < -0.3 is 16.0 Å². The lowest BCUT2D eigenvalue weighted by Gasteiger charge is -2.24. The van der Waals surface area contributed by atoms with Crippen LogP contribution in [0.5, 0.6) is 0 Å². The highest BCUT2D eigenvalue weighted by molar-refractivity contribution is 5.91. The molecule has 1 aliphatic rings. The van der Waals surface area contributed by atoms with Gasteiger partial charge in [-0.25, -0.2) is 4.39 Å². The number of rotatable bonds is 7. The largest absolute Gasteiger partial charge is 0.399 e. The van der Waals surface area contributed by atoms with Gasteiger partial charge in [-0.2, -0.15) is 0 Å². The van der Waals surface area contributed by atoms with Crippen LogP contribution in [-0.4, -0.2) is 30.4 Å². The zero-order valence-corrected chi connectivity index (χ0v) is 12.7. The van der Waals surface area contributed by atoms with Crippen molar-refractivity contribution < 1.29 is 9.18 Å². The monoisotopic (exact) mass is 293 g/mol. The fourth-order valence-electron chi connectivity index (χ4n) is 2.48. The summed E-state index contributed by atoms with van der Waals surface area (Å²) in [7, 11) is 2.10. The van der Waals surface area contributed by atoms with Crippen molar-refractivity contribution in [1.82, 2.24) is 4.90 Å². The minimum atomic E-state index is -0.461. The first kappa shape index (κ1) is 15.8. The van der Waals surface area contributed by atoms with E-state index in [2.05, 4.69) is 24.2 Å². The van der Waals surface area contributed by atoms with Crippen LogP contribution in [-0.2, 0) is 4.79 Å². The Morgan fingerprint density at radius 3 is 2.90 bits per heavy atom. The summed E-state index contributed by atoms with van der Waals surface area (Å²) in [4.78, 5) is 14.1. The molecule has 3 N–H and O–H groups in total. The van der Waals surface area contributed by atoms with Crippen LogP contribution in [0.3, 0.4) is 0 Å². The molecule has 0 aliphatic heterocycles. The Bertz CT molecular complexity index is 502. The van der Waals surface area contributed by atoms with Crippen LogP contribution in [0.4, 0.5) is 15.8 Å². The molecule has 0 radical (unpaired) electrons. The Kier molecular flexibility index (Phi) is 5.17. The lowest BCUT2D eigenvalue weighted by molar-refractivity contribution is -0.116.